The molecule has 1 saturated carbocycles. The predicted octanol–water partition coefficient (Wildman–Crippen LogP) is 4.51. The topological polar surface area (TPSA) is 46.6 Å². The van der Waals surface area contributed by atoms with Crippen LogP contribution in [0.2, 0.25) is 0 Å². The second kappa shape index (κ2) is 6.14. The number of hydrogen-bond acceptors (Lipinski definition) is 3. The fourth-order valence-corrected chi connectivity index (χ4v) is 3.82. The molecule has 1 aliphatic heterocycles. The van der Waals surface area contributed by atoms with E-state index in [1.165, 1.54) is 4.90 Å². The first kappa shape index (κ1) is 17.4. The molecule has 0 radical (unpaired) electrons. The third-order valence-corrected chi connectivity index (χ3v) is 5.90. The summed E-state index contributed by atoms with van der Waals surface area (Å²) in [6.07, 6.45) is 1.26. The number of ketones is 1. The molecule has 1 aliphatic carbocycles. The second-order valence-electron chi connectivity index (χ2n) is 7.08. The van der Waals surface area contributed by atoms with Crippen molar-refractivity contribution in [1.82, 2.24) is 4.90 Å². The minimum Gasteiger partial charge on any atom is -0.441 e. The Balaban J connectivity index is 1.72. The van der Waals surface area contributed by atoms with Crippen molar-refractivity contribution in [2.45, 2.75) is 56.8 Å². The third kappa shape index (κ3) is 3.21. The van der Waals surface area contributed by atoms with Crippen LogP contribution in [0.3, 0.4) is 0 Å². The van der Waals surface area contributed by atoms with Gasteiger partial charge in [-0.1, -0.05) is 28.1 Å². The highest BCUT2D eigenvalue weighted by Crippen LogP contribution is 2.45. The lowest BCUT2D eigenvalue weighted by atomic mass is 9.74. The molecule has 1 atom stereocenters. The summed E-state index contributed by atoms with van der Waals surface area (Å²) in [6, 6.07) is 6.81. The summed E-state index contributed by atoms with van der Waals surface area (Å²) in [7, 11) is 0. The van der Waals surface area contributed by atoms with E-state index in [9.17, 15) is 14.0 Å². The molecular weight excluding hydrogens is 377 g/mol. The van der Waals surface area contributed by atoms with Gasteiger partial charge in [0.1, 0.15) is 11.3 Å². The molecule has 6 heteroatoms. The van der Waals surface area contributed by atoms with Gasteiger partial charge >= 0.3 is 6.09 Å². The van der Waals surface area contributed by atoms with Gasteiger partial charge in [-0.15, -0.1) is 0 Å². The largest absolute Gasteiger partial charge is 0.441 e. The van der Waals surface area contributed by atoms with Crippen molar-refractivity contribution in [3.63, 3.8) is 0 Å². The van der Waals surface area contributed by atoms with E-state index in [1.54, 1.807) is 31.2 Å². The number of Topliss-reactive ketones (excluding diaryl/α,β-unsaturated/α-hetero) is 1. The van der Waals surface area contributed by atoms with Crippen molar-refractivity contribution < 1.29 is 18.7 Å². The summed E-state index contributed by atoms with van der Waals surface area (Å²) < 4.78 is 20.6. The van der Waals surface area contributed by atoms with Crippen LogP contribution in [0.25, 0.3) is 0 Å². The first-order chi connectivity index (χ1) is 11.2. The number of nitrogens with zero attached hydrogens (tertiary/aromatic N) is 1. The van der Waals surface area contributed by atoms with Crippen molar-refractivity contribution >= 4 is 27.8 Å². The van der Waals surface area contributed by atoms with Crippen LogP contribution in [-0.4, -0.2) is 40.6 Å². The van der Waals surface area contributed by atoms with Crippen LogP contribution in [0.5, 0.6) is 0 Å². The molecule has 1 aromatic carbocycles. The summed E-state index contributed by atoms with van der Waals surface area (Å²) >= 11 is 3.33. The number of alkyl halides is 1. The van der Waals surface area contributed by atoms with Crippen LogP contribution in [0.4, 0.5) is 9.18 Å². The quantitative estimate of drug-likeness (QED) is 0.704. The van der Waals surface area contributed by atoms with E-state index in [1.807, 2.05) is 6.92 Å². The van der Waals surface area contributed by atoms with Gasteiger partial charge in [0.05, 0.1) is 12.6 Å². The summed E-state index contributed by atoms with van der Waals surface area (Å²) in [4.78, 5) is 26.2. The monoisotopic (exact) mass is 397 g/mol. The van der Waals surface area contributed by atoms with Crippen LogP contribution in [-0.2, 0) is 4.74 Å². The molecule has 4 nitrogen and oxygen atoms in total. The zero-order chi connectivity index (χ0) is 17.5. The van der Waals surface area contributed by atoms with E-state index in [0.717, 1.165) is 4.47 Å². The highest BCUT2D eigenvalue weighted by molar-refractivity contribution is 9.10. The zero-order valence-corrected chi connectivity index (χ0v) is 15.4. The Morgan fingerprint density at radius 2 is 1.88 bits per heavy atom. The maximum absolute atomic E-state index is 14.1. The lowest BCUT2D eigenvalue weighted by Gasteiger charge is -2.40. The fraction of sp³-hybridized carbons (Fsp3) is 0.556. The van der Waals surface area contributed by atoms with Gasteiger partial charge in [0.15, 0.2) is 5.78 Å². The molecule has 2 fully saturated rings. The van der Waals surface area contributed by atoms with Crippen LogP contribution >= 0.6 is 15.9 Å². The maximum Gasteiger partial charge on any atom is 0.411 e. The third-order valence-electron chi connectivity index (χ3n) is 5.37. The van der Waals surface area contributed by atoms with Gasteiger partial charge in [0.25, 0.3) is 0 Å². The number of ether oxygens (including phenoxy) is 1. The molecule has 1 spiro atoms. The summed E-state index contributed by atoms with van der Waals surface area (Å²) in [5.41, 5.74) is -1.31. The van der Waals surface area contributed by atoms with Crippen LogP contribution < -0.4 is 0 Å². The van der Waals surface area contributed by atoms with Gasteiger partial charge in [-0.25, -0.2) is 9.18 Å². The van der Waals surface area contributed by atoms with E-state index >= 15 is 0 Å². The van der Waals surface area contributed by atoms with E-state index in [0.29, 0.717) is 31.2 Å². The van der Waals surface area contributed by atoms with Crippen molar-refractivity contribution in [1.29, 1.82) is 0 Å². The molecule has 1 heterocycles. The normalized spacial score (nSPS) is 32.9. The van der Waals surface area contributed by atoms with Gasteiger partial charge in [-0.2, -0.15) is 0 Å². The minimum atomic E-state index is -1.20. The Morgan fingerprint density at radius 3 is 2.46 bits per heavy atom. The average Bonchev–Trinajstić information content (AvgIpc) is 2.76. The van der Waals surface area contributed by atoms with Crippen LogP contribution in [0.1, 0.15) is 49.9 Å². The average molecular weight is 398 g/mol. The molecule has 1 saturated heterocycles. The van der Waals surface area contributed by atoms with Gasteiger partial charge in [0, 0.05) is 10.0 Å². The molecule has 2 aliphatic rings. The molecule has 1 unspecified atom stereocenters. The summed E-state index contributed by atoms with van der Waals surface area (Å²) in [5, 5.41) is 0. The number of rotatable bonds is 3. The zero-order valence-electron chi connectivity index (χ0n) is 13.9. The SMILES string of the molecule is CC1N(CC(=O)c2ccc(Br)cc2)C(=O)OC12CCC(C)(F)CC2. The molecule has 0 bridgehead atoms. The molecule has 0 aromatic heterocycles. The Bertz CT molecular complexity index is 649. The number of carbonyl (C=O) groups excluding carboxylic acids is 2. The van der Waals surface area contributed by atoms with Crippen LogP contribution in [0, 0.1) is 0 Å². The van der Waals surface area contributed by atoms with Gasteiger partial charge in [0.2, 0.25) is 0 Å². The minimum absolute atomic E-state index is 0.0176. The molecule has 130 valence electrons. The smallest absolute Gasteiger partial charge is 0.411 e. The number of halogens is 2. The van der Waals surface area contributed by atoms with Crippen molar-refractivity contribution in [3.05, 3.63) is 34.3 Å². The molecule has 3 rings (SSSR count). The Kier molecular flexibility index (Phi) is 4.45. The van der Waals surface area contributed by atoms with E-state index < -0.39 is 17.4 Å². The number of amides is 1. The lowest BCUT2D eigenvalue weighted by molar-refractivity contribution is -0.0359. The summed E-state index contributed by atoms with van der Waals surface area (Å²) in [5.74, 6) is -0.130. The van der Waals surface area contributed by atoms with Crippen molar-refractivity contribution in [2.24, 2.45) is 0 Å². The van der Waals surface area contributed by atoms with E-state index in [-0.39, 0.29) is 18.4 Å². The Hall–Kier alpha value is -1.43. The fourth-order valence-electron chi connectivity index (χ4n) is 3.56. The Morgan fingerprint density at radius 1 is 1.29 bits per heavy atom. The van der Waals surface area contributed by atoms with Gasteiger partial charge < -0.3 is 4.74 Å². The Labute approximate surface area is 149 Å². The second-order valence-corrected chi connectivity index (χ2v) is 8.00. The van der Waals surface area contributed by atoms with E-state index in [4.69, 9.17) is 4.74 Å². The number of hydrogen-bond donors (Lipinski definition) is 0. The summed E-state index contributed by atoms with van der Waals surface area (Å²) in [6.45, 7) is 3.47. The first-order valence-electron chi connectivity index (χ1n) is 8.20. The standard InChI is InChI=1S/C18H21BrFNO3/c1-12-18(9-7-17(2,20)8-10-18)24-16(23)21(12)11-15(22)13-3-5-14(19)6-4-13/h3-6,12H,7-11H2,1-2H3. The van der Waals surface area contributed by atoms with Crippen molar-refractivity contribution in [2.75, 3.05) is 6.54 Å². The lowest BCUT2D eigenvalue weighted by Crippen LogP contribution is -2.49. The molecule has 1 aromatic rings. The highest BCUT2D eigenvalue weighted by Gasteiger charge is 2.55. The maximum atomic E-state index is 14.1. The predicted molar refractivity (Wildman–Crippen MR) is 91.8 cm³/mol. The van der Waals surface area contributed by atoms with Crippen LogP contribution in [0.15, 0.2) is 28.7 Å². The van der Waals surface area contributed by atoms with Gasteiger partial charge in [-0.05, 0) is 51.7 Å². The molecule has 1 amide bonds. The molecule has 0 N–H and O–H groups in total. The number of benzene rings is 1. The van der Waals surface area contributed by atoms with Gasteiger partial charge in [-0.3, -0.25) is 9.69 Å². The van der Waals surface area contributed by atoms with Crippen molar-refractivity contribution in [3.8, 4) is 0 Å². The van der Waals surface area contributed by atoms with E-state index in [2.05, 4.69) is 15.9 Å². The molecule has 24 heavy (non-hydrogen) atoms. The highest BCUT2D eigenvalue weighted by atomic mass is 79.9. The number of carbonyl (C=O) groups is 2. The molecular formula is C18H21BrFNO3. The first-order valence-corrected chi connectivity index (χ1v) is 8.99.